The van der Waals surface area contributed by atoms with Gasteiger partial charge in [-0.15, -0.1) is 0 Å². The van der Waals surface area contributed by atoms with E-state index in [-0.39, 0.29) is 5.82 Å². The molecule has 1 aliphatic rings. The molecule has 42 heavy (non-hydrogen) atoms. The molecule has 0 amide bonds. The van der Waals surface area contributed by atoms with Gasteiger partial charge in [-0.2, -0.15) is 0 Å². The Kier molecular flexibility index (Phi) is 8.05. The fourth-order valence-electron chi connectivity index (χ4n) is 6.43. The Labute approximate surface area is 246 Å². The molecule has 0 spiro atoms. The van der Waals surface area contributed by atoms with Crippen LogP contribution in [0.1, 0.15) is 47.4 Å². The second kappa shape index (κ2) is 12.2. The van der Waals surface area contributed by atoms with Crippen LogP contribution >= 0.6 is 0 Å². The van der Waals surface area contributed by atoms with Crippen LogP contribution in [0.25, 0.3) is 32.3 Å². The van der Waals surface area contributed by atoms with Crippen LogP contribution in [0.15, 0.2) is 97.3 Å². The molecule has 0 radical (unpaired) electrons. The van der Waals surface area contributed by atoms with Crippen molar-refractivity contribution in [3.05, 3.63) is 125 Å². The molecule has 7 rings (SSSR count). The molecule has 0 bridgehead atoms. The minimum atomic E-state index is -0.105. The number of pyridine rings is 1. The van der Waals surface area contributed by atoms with Gasteiger partial charge in [-0.3, -0.25) is 4.98 Å². The van der Waals surface area contributed by atoms with Crippen molar-refractivity contribution in [2.24, 2.45) is 0 Å². The lowest BCUT2D eigenvalue weighted by atomic mass is 9.77. The lowest BCUT2D eigenvalue weighted by Crippen LogP contribution is -2.11. The molecule has 0 N–H and O–H groups in total. The number of halogens is 1. The van der Waals surface area contributed by atoms with E-state index < -0.39 is 0 Å². The maximum Gasteiger partial charge on any atom is 0.131 e. The largest absolute Gasteiger partial charge is 0.496 e. The summed E-state index contributed by atoms with van der Waals surface area (Å²) < 4.78 is 25.4. The zero-order chi connectivity index (χ0) is 29.1. The molecule has 0 aliphatic heterocycles. The summed E-state index contributed by atoms with van der Waals surface area (Å²) in [5.74, 6) is 2.09. The van der Waals surface area contributed by atoms with Gasteiger partial charge >= 0.3 is 0 Å². The number of benzene rings is 5. The van der Waals surface area contributed by atoms with Crippen molar-refractivity contribution in [3.8, 4) is 11.5 Å². The van der Waals surface area contributed by atoms with E-state index in [0.29, 0.717) is 11.5 Å². The highest BCUT2D eigenvalue weighted by Gasteiger charge is 2.23. The maximum atomic E-state index is 14.0. The molecule has 1 atom stereocenters. The number of methoxy groups -OCH3 is 2. The Morgan fingerprint density at radius 3 is 2.43 bits per heavy atom. The van der Waals surface area contributed by atoms with Crippen LogP contribution < -0.4 is 9.47 Å². The van der Waals surface area contributed by atoms with Gasteiger partial charge in [0.15, 0.2) is 0 Å². The summed E-state index contributed by atoms with van der Waals surface area (Å²) in [6.45, 7) is 1.81. The van der Waals surface area contributed by atoms with Crippen LogP contribution in [0.5, 0.6) is 11.5 Å². The van der Waals surface area contributed by atoms with Crippen molar-refractivity contribution < 1.29 is 13.9 Å². The van der Waals surface area contributed by atoms with Crippen molar-refractivity contribution >= 4 is 32.3 Å². The van der Waals surface area contributed by atoms with Gasteiger partial charge in [-0.25, -0.2) is 4.39 Å². The minimum absolute atomic E-state index is 0.105. The molecule has 1 unspecified atom stereocenters. The number of hydrogen-bond acceptors (Lipinski definition) is 3. The summed E-state index contributed by atoms with van der Waals surface area (Å²) in [6.07, 6.45) is 9.07. The normalized spacial score (nSPS) is 14.3. The Hall–Kier alpha value is -4.44. The van der Waals surface area contributed by atoms with Gasteiger partial charge in [0.05, 0.1) is 19.6 Å². The molecule has 0 saturated heterocycles. The van der Waals surface area contributed by atoms with E-state index >= 15 is 0 Å². The van der Waals surface area contributed by atoms with Gasteiger partial charge < -0.3 is 9.47 Å². The summed E-state index contributed by atoms with van der Waals surface area (Å²) in [6, 6.07) is 28.8. The quantitative estimate of drug-likeness (QED) is 0.198. The molecule has 4 heteroatoms. The Bertz CT molecular complexity index is 1810. The number of nitrogens with zero attached hydrogens (tertiary/aromatic N) is 1. The van der Waals surface area contributed by atoms with E-state index in [1.165, 1.54) is 50.9 Å². The predicted octanol–water partition coefficient (Wildman–Crippen LogP) is 9.75. The number of hydrogen-bond donors (Lipinski definition) is 0. The molecule has 0 fully saturated rings. The number of aromatic nitrogens is 1. The topological polar surface area (TPSA) is 31.4 Å². The summed E-state index contributed by atoms with van der Waals surface area (Å²) in [7, 11) is 3.43. The van der Waals surface area contributed by atoms with Crippen LogP contribution in [-0.2, 0) is 12.8 Å². The predicted molar refractivity (Wildman–Crippen MR) is 171 cm³/mol. The van der Waals surface area contributed by atoms with E-state index in [1.807, 2.05) is 55.7 Å². The number of fused-ring (bicyclic) bond motifs is 6. The van der Waals surface area contributed by atoms with Gasteiger partial charge in [-0.05, 0) is 118 Å². The lowest BCUT2D eigenvalue weighted by molar-refractivity contribution is 0.405. The monoisotopic (exact) mass is 557 g/mol. The lowest BCUT2D eigenvalue weighted by Gasteiger charge is -2.27. The van der Waals surface area contributed by atoms with Gasteiger partial charge in [0.1, 0.15) is 17.3 Å². The minimum Gasteiger partial charge on any atom is -0.496 e. The molecular formula is C38H36FNO2. The van der Waals surface area contributed by atoms with Gasteiger partial charge in [0.2, 0.25) is 0 Å². The second-order valence-corrected chi connectivity index (χ2v) is 11.1. The molecule has 1 heterocycles. The highest BCUT2D eigenvalue weighted by molar-refractivity contribution is 6.13. The third-order valence-corrected chi connectivity index (χ3v) is 8.66. The molecule has 0 saturated carbocycles. The number of rotatable bonds is 5. The zero-order valence-electron chi connectivity index (χ0n) is 24.5. The van der Waals surface area contributed by atoms with E-state index in [2.05, 4.69) is 47.4 Å². The Balaban J connectivity index is 0.000000265. The van der Waals surface area contributed by atoms with Gasteiger partial charge in [0.25, 0.3) is 0 Å². The van der Waals surface area contributed by atoms with Crippen LogP contribution in [0.3, 0.4) is 0 Å². The molecule has 5 aromatic carbocycles. The Morgan fingerprint density at radius 2 is 1.64 bits per heavy atom. The van der Waals surface area contributed by atoms with Crippen molar-refractivity contribution in [3.63, 3.8) is 0 Å². The van der Waals surface area contributed by atoms with E-state index in [9.17, 15) is 4.39 Å². The molecular weight excluding hydrogens is 521 g/mol. The third-order valence-electron chi connectivity index (χ3n) is 8.66. The Morgan fingerprint density at radius 1 is 0.810 bits per heavy atom. The summed E-state index contributed by atoms with van der Waals surface area (Å²) in [5, 5.41) is 7.17. The average Bonchev–Trinajstić information content (AvgIpc) is 3.04. The zero-order valence-corrected chi connectivity index (χ0v) is 24.5. The highest BCUT2D eigenvalue weighted by atomic mass is 19.1. The average molecular weight is 558 g/mol. The second-order valence-electron chi connectivity index (χ2n) is 11.1. The van der Waals surface area contributed by atoms with E-state index in [0.717, 1.165) is 41.7 Å². The molecule has 212 valence electrons. The summed E-state index contributed by atoms with van der Waals surface area (Å²) in [4.78, 5) is 4.01. The summed E-state index contributed by atoms with van der Waals surface area (Å²) >= 11 is 0. The van der Waals surface area contributed by atoms with Crippen molar-refractivity contribution in [1.82, 2.24) is 4.98 Å². The molecule has 6 aromatic rings. The van der Waals surface area contributed by atoms with Crippen LogP contribution in [0, 0.1) is 12.7 Å². The maximum absolute atomic E-state index is 14.0. The van der Waals surface area contributed by atoms with Crippen molar-refractivity contribution in [2.45, 2.75) is 44.9 Å². The first-order chi connectivity index (χ1) is 20.6. The fourth-order valence-corrected chi connectivity index (χ4v) is 6.43. The first-order valence-electron chi connectivity index (χ1n) is 14.7. The van der Waals surface area contributed by atoms with Gasteiger partial charge in [0, 0.05) is 12.4 Å². The highest BCUT2D eigenvalue weighted by Crippen LogP contribution is 2.44. The number of aryl methyl sites for hydroxylation is 3. The van der Waals surface area contributed by atoms with Crippen LogP contribution in [0.4, 0.5) is 4.39 Å². The SMILES string of the molecule is COc1cccc2c1c(OC)cc1c3c(ccc12)C(CCc1ccc(C)c(F)c1)CCC3.c1ccc2cnccc2c1. The van der Waals surface area contributed by atoms with Crippen molar-refractivity contribution in [2.75, 3.05) is 14.2 Å². The van der Waals surface area contributed by atoms with Crippen LogP contribution in [0.2, 0.25) is 0 Å². The summed E-state index contributed by atoms with van der Waals surface area (Å²) in [5.41, 5.74) is 4.68. The fraction of sp³-hybridized carbons (Fsp3) is 0.237. The number of ether oxygens (including phenoxy) is 2. The first-order valence-corrected chi connectivity index (χ1v) is 14.7. The standard InChI is InChI=1S/C29H29FO2.C9H7N/c1-18-10-11-19(16-26(18)30)12-13-20-6-4-7-22-21(20)14-15-23-24-8-5-9-27(31-2)29(24)28(32-3)17-25(22)23;1-2-4-9-7-10-6-5-8(9)3-1/h5,8-11,14-17,20H,4,6-7,12-13H2,1-3H3;1-7H. The smallest absolute Gasteiger partial charge is 0.131 e. The van der Waals surface area contributed by atoms with E-state index in [4.69, 9.17) is 9.47 Å². The molecule has 3 nitrogen and oxygen atoms in total. The van der Waals surface area contributed by atoms with E-state index in [1.54, 1.807) is 20.3 Å². The first kappa shape index (κ1) is 27.7. The van der Waals surface area contributed by atoms with Gasteiger partial charge in [-0.1, -0.05) is 60.7 Å². The van der Waals surface area contributed by atoms with Crippen LogP contribution in [-0.4, -0.2) is 19.2 Å². The third kappa shape index (κ3) is 5.42. The van der Waals surface area contributed by atoms with Crippen molar-refractivity contribution in [1.29, 1.82) is 0 Å². The molecule has 1 aliphatic carbocycles. The molecule has 1 aromatic heterocycles.